The lowest BCUT2D eigenvalue weighted by atomic mass is 10.7. The summed E-state index contributed by atoms with van der Waals surface area (Å²) in [6, 6.07) is 0. The molecule has 0 aromatic rings. The van der Waals surface area contributed by atoms with E-state index in [1.807, 2.05) is 7.05 Å². The molecule has 0 aliphatic carbocycles. The number of allylic oxidation sites excluding steroid dienone is 1. The summed E-state index contributed by atoms with van der Waals surface area (Å²) in [5.41, 5.74) is 0. The average Bonchev–Trinajstić information content (AvgIpc) is 2.05. The van der Waals surface area contributed by atoms with Crippen molar-refractivity contribution < 1.29 is 0 Å². The smallest absolute Gasteiger partial charge is 0.224 e. The molecule has 3 heteroatoms. The maximum absolute atomic E-state index is 3.99. The van der Waals surface area contributed by atoms with Gasteiger partial charge < -0.3 is 4.90 Å². The fourth-order valence-corrected chi connectivity index (χ4v) is 0.508. The summed E-state index contributed by atoms with van der Waals surface area (Å²) in [6.07, 6.45) is 4.83. The largest absolute Gasteiger partial charge is 0.321 e. The maximum atomic E-state index is 3.99. The molecule has 0 aromatic carbocycles. The molecular weight excluding hydrogens is 138 g/mol. The predicted octanol–water partition coefficient (Wildman–Crippen LogP) is 1.30. The van der Waals surface area contributed by atoms with E-state index in [2.05, 4.69) is 23.1 Å². The third-order valence-corrected chi connectivity index (χ3v) is 1.08. The molecule has 0 aromatic heterocycles. The molecule has 0 radical (unpaired) electrons. The summed E-state index contributed by atoms with van der Waals surface area (Å²) < 4.78 is 0. The molecule has 0 spiro atoms. The fourth-order valence-electron chi connectivity index (χ4n) is 0.508. The van der Waals surface area contributed by atoms with Crippen molar-refractivity contribution in [2.45, 2.75) is 0 Å². The van der Waals surface area contributed by atoms with Crippen molar-refractivity contribution in [1.82, 2.24) is 4.90 Å². The molecule has 0 heterocycles. The van der Waals surface area contributed by atoms with Crippen molar-refractivity contribution in [1.29, 1.82) is 0 Å². The SMILES string of the molecule is C=C/C=N\C(=NC)N(C)C=C. The third kappa shape index (κ3) is 3.35. The minimum Gasteiger partial charge on any atom is -0.321 e. The van der Waals surface area contributed by atoms with E-state index in [0.717, 1.165) is 0 Å². The molecule has 0 saturated carbocycles. The summed E-state index contributed by atoms with van der Waals surface area (Å²) in [4.78, 5) is 9.64. The number of aliphatic imine (C=N–C) groups is 2. The Hall–Kier alpha value is -1.38. The lowest BCUT2D eigenvalue weighted by Gasteiger charge is -2.10. The van der Waals surface area contributed by atoms with Crippen molar-refractivity contribution in [3.63, 3.8) is 0 Å². The summed E-state index contributed by atoms with van der Waals surface area (Å²) in [6.45, 7) is 7.09. The van der Waals surface area contributed by atoms with Crippen molar-refractivity contribution in [2.24, 2.45) is 9.98 Å². The molecule has 0 aliphatic rings. The molecule has 0 atom stereocenters. The van der Waals surface area contributed by atoms with E-state index in [-0.39, 0.29) is 0 Å². The van der Waals surface area contributed by atoms with Gasteiger partial charge in [-0.05, 0) is 6.20 Å². The van der Waals surface area contributed by atoms with E-state index in [9.17, 15) is 0 Å². The second-order valence-corrected chi connectivity index (χ2v) is 1.83. The van der Waals surface area contributed by atoms with Crippen LogP contribution in [-0.4, -0.2) is 31.2 Å². The van der Waals surface area contributed by atoms with Crippen molar-refractivity contribution in [3.05, 3.63) is 25.4 Å². The van der Waals surface area contributed by atoms with Gasteiger partial charge in [-0.2, -0.15) is 0 Å². The minimum atomic E-state index is 0.611. The van der Waals surface area contributed by atoms with Gasteiger partial charge in [0.25, 0.3) is 0 Å². The normalized spacial score (nSPS) is 11.6. The standard InChI is InChI=1S/C8H13N3/c1-5-7-10-8(9-3)11(4)6-2/h5-7H,1-2H2,3-4H3/b9-8?,10-7-. The minimum absolute atomic E-state index is 0.611. The van der Waals surface area contributed by atoms with Gasteiger partial charge in [-0.15, -0.1) is 0 Å². The zero-order valence-corrected chi connectivity index (χ0v) is 6.99. The third-order valence-electron chi connectivity index (χ3n) is 1.08. The van der Waals surface area contributed by atoms with Gasteiger partial charge >= 0.3 is 0 Å². The Morgan fingerprint density at radius 1 is 1.45 bits per heavy atom. The number of guanidine groups is 1. The molecule has 0 aliphatic heterocycles. The highest BCUT2D eigenvalue weighted by Gasteiger charge is 1.95. The Morgan fingerprint density at radius 2 is 2.09 bits per heavy atom. The van der Waals surface area contributed by atoms with Crippen LogP contribution >= 0.6 is 0 Å². The molecule has 60 valence electrons. The van der Waals surface area contributed by atoms with Crippen molar-refractivity contribution in [2.75, 3.05) is 14.1 Å². The topological polar surface area (TPSA) is 28.0 Å². The van der Waals surface area contributed by atoms with Crippen LogP contribution in [0, 0.1) is 0 Å². The summed E-state index contributed by atoms with van der Waals surface area (Å²) >= 11 is 0. The highest BCUT2D eigenvalue weighted by Crippen LogP contribution is 1.88. The van der Waals surface area contributed by atoms with Gasteiger partial charge in [0.2, 0.25) is 5.96 Å². The van der Waals surface area contributed by atoms with Gasteiger partial charge in [-0.25, -0.2) is 4.99 Å². The molecule has 0 saturated heterocycles. The molecule has 0 bridgehead atoms. The number of nitrogens with zero attached hydrogens (tertiary/aromatic N) is 3. The van der Waals surface area contributed by atoms with Crippen LogP contribution in [0.25, 0.3) is 0 Å². The highest BCUT2D eigenvalue weighted by atomic mass is 15.2. The number of rotatable bonds is 2. The van der Waals surface area contributed by atoms with Gasteiger partial charge in [0.15, 0.2) is 0 Å². The molecule has 0 unspecified atom stereocenters. The fraction of sp³-hybridized carbons (Fsp3) is 0.250. The van der Waals surface area contributed by atoms with Gasteiger partial charge in [0.1, 0.15) is 0 Å². The van der Waals surface area contributed by atoms with Crippen LogP contribution in [-0.2, 0) is 0 Å². The highest BCUT2D eigenvalue weighted by molar-refractivity contribution is 5.90. The van der Waals surface area contributed by atoms with Gasteiger partial charge in [0, 0.05) is 20.3 Å². The van der Waals surface area contributed by atoms with E-state index in [0.29, 0.717) is 5.96 Å². The molecule has 0 fully saturated rings. The van der Waals surface area contributed by atoms with Gasteiger partial charge in [0.05, 0.1) is 0 Å². The maximum Gasteiger partial charge on any atom is 0.224 e. The van der Waals surface area contributed by atoms with Crippen molar-refractivity contribution in [3.8, 4) is 0 Å². The molecule has 3 nitrogen and oxygen atoms in total. The first-order valence-electron chi connectivity index (χ1n) is 3.23. The van der Waals surface area contributed by atoms with Crippen LogP contribution in [0.15, 0.2) is 35.4 Å². The Bertz CT molecular complexity index is 192. The zero-order valence-electron chi connectivity index (χ0n) is 6.99. The van der Waals surface area contributed by atoms with Crippen LogP contribution < -0.4 is 0 Å². The van der Waals surface area contributed by atoms with Gasteiger partial charge in [-0.1, -0.05) is 19.2 Å². The molecule has 11 heavy (non-hydrogen) atoms. The Morgan fingerprint density at radius 3 is 2.45 bits per heavy atom. The molecular formula is C8H13N3. The quantitative estimate of drug-likeness (QED) is 0.432. The Labute approximate surface area is 67.5 Å². The lowest BCUT2D eigenvalue weighted by Crippen LogP contribution is -2.18. The van der Waals surface area contributed by atoms with Crippen molar-refractivity contribution >= 4 is 12.2 Å². The Balaban J connectivity index is 4.29. The van der Waals surface area contributed by atoms with Crippen LogP contribution in [0.1, 0.15) is 0 Å². The monoisotopic (exact) mass is 151 g/mol. The number of hydrogen-bond acceptors (Lipinski definition) is 1. The second kappa shape index (κ2) is 5.41. The predicted molar refractivity (Wildman–Crippen MR) is 50.0 cm³/mol. The summed E-state index contributed by atoms with van der Waals surface area (Å²) in [7, 11) is 3.51. The second-order valence-electron chi connectivity index (χ2n) is 1.83. The van der Waals surface area contributed by atoms with E-state index >= 15 is 0 Å². The zero-order chi connectivity index (χ0) is 8.69. The lowest BCUT2D eigenvalue weighted by molar-refractivity contribution is 0.680. The first-order chi connectivity index (χ1) is 5.26. The molecule has 0 rings (SSSR count). The first-order valence-corrected chi connectivity index (χ1v) is 3.23. The van der Waals surface area contributed by atoms with Crippen LogP contribution in [0.4, 0.5) is 0 Å². The van der Waals surface area contributed by atoms with E-state index in [1.54, 1.807) is 30.4 Å². The number of hydrogen-bond donors (Lipinski definition) is 0. The van der Waals surface area contributed by atoms with Crippen LogP contribution in [0.5, 0.6) is 0 Å². The van der Waals surface area contributed by atoms with Crippen LogP contribution in [0.3, 0.4) is 0 Å². The summed E-state index contributed by atoms with van der Waals surface area (Å²) in [5.74, 6) is 0.611. The molecule has 0 amide bonds. The first kappa shape index (κ1) is 9.62. The summed E-state index contributed by atoms with van der Waals surface area (Å²) in [5, 5.41) is 0. The van der Waals surface area contributed by atoms with Crippen LogP contribution in [0.2, 0.25) is 0 Å². The van der Waals surface area contributed by atoms with E-state index in [1.165, 1.54) is 0 Å². The molecule has 0 N–H and O–H groups in total. The van der Waals surface area contributed by atoms with E-state index < -0.39 is 0 Å². The van der Waals surface area contributed by atoms with E-state index in [4.69, 9.17) is 0 Å². The van der Waals surface area contributed by atoms with Gasteiger partial charge in [-0.3, -0.25) is 4.99 Å². The Kier molecular flexibility index (Phi) is 4.73. The average molecular weight is 151 g/mol.